The lowest BCUT2D eigenvalue weighted by Gasteiger charge is -2.15. The van der Waals surface area contributed by atoms with Gasteiger partial charge in [0.25, 0.3) is 0 Å². The SMILES string of the molecule is CN(C)C(=O)NCCNc1cccc(Br)c1C(N)=S. The monoisotopic (exact) mass is 344 g/mol. The van der Waals surface area contributed by atoms with E-state index in [1.165, 1.54) is 4.90 Å². The number of halogens is 1. The molecule has 0 atom stereocenters. The molecule has 0 saturated heterocycles. The second kappa shape index (κ2) is 7.30. The molecular formula is C12H17BrN4OS. The van der Waals surface area contributed by atoms with Crippen molar-refractivity contribution in [2.45, 2.75) is 0 Å². The zero-order valence-corrected chi connectivity index (χ0v) is 13.3. The Morgan fingerprint density at radius 2 is 2.11 bits per heavy atom. The highest BCUT2D eigenvalue weighted by atomic mass is 79.9. The Bertz CT molecular complexity index is 479. The maximum Gasteiger partial charge on any atom is 0.316 e. The number of hydrogen-bond donors (Lipinski definition) is 3. The van der Waals surface area contributed by atoms with Crippen LogP contribution in [0.25, 0.3) is 0 Å². The first-order valence-corrected chi connectivity index (χ1v) is 6.91. The van der Waals surface area contributed by atoms with Gasteiger partial charge in [-0.2, -0.15) is 0 Å². The lowest BCUT2D eigenvalue weighted by atomic mass is 10.2. The van der Waals surface area contributed by atoms with Crippen molar-refractivity contribution < 1.29 is 4.79 Å². The van der Waals surface area contributed by atoms with Crippen molar-refractivity contribution in [1.29, 1.82) is 0 Å². The molecule has 2 amide bonds. The fourth-order valence-corrected chi connectivity index (χ4v) is 2.38. The van der Waals surface area contributed by atoms with Gasteiger partial charge in [-0.05, 0) is 28.1 Å². The molecule has 0 radical (unpaired) electrons. The fourth-order valence-electron chi connectivity index (χ4n) is 1.45. The van der Waals surface area contributed by atoms with Gasteiger partial charge in [0.15, 0.2) is 0 Å². The summed E-state index contributed by atoms with van der Waals surface area (Å²) < 4.78 is 0.849. The molecule has 0 heterocycles. The van der Waals surface area contributed by atoms with Gasteiger partial charge in [0, 0.05) is 42.9 Å². The second-order valence-electron chi connectivity index (χ2n) is 4.08. The quantitative estimate of drug-likeness (QED) is 0.562. The normalized spacial score (nSPS) is 9.84. The number of nitrogens with one attached hydrogen (secondary N) is 2. The van der Waals surface area contributed by atoms with Crippen LogP contribution in [0.3, 0.4) is 0 Å². The number of rotatable bonds is 5. The average molecular weight is 345 g/mol. The molecule has 0 aliphatic heterocycles. The van der Waals surface area contributed by atoms with Crippen LogP contribution in [-0.2, 0) is 0 Å². The lowest BCUT2D eigenvalue weighted by Crippen LogP contribution is -2.37. The van der Waals surface area contributed by atoms with Gasteiger partial charge in [-0.25, -0.2) is 4.79 Å². The van der Waals surface area contributed by atoms with Gasteiger partial charge in [-0.3, -0.25) is 0 Å². The van der Waals surface area contributed by atoms with E-state index in [0.29, 0.717) is 18.1 Å². The van der Waals surface area contributed by atoms with Gasteiger partial charge in [0.2, 0.25) is 0 Å². The summed E-state index contributed by atoms with van der Waals surface area (Å²) in [5.74, 6) is 0. The van der Waals surface area contributed by atoms with Gasteiger partial charge < -0.3 is 21.3 Å². The third kappa shape index (κ3) is 4.68. The number of carbonyl (C=O) groups is 1. The minimum Gasteiger partial charge on any atom is -0.389 e. The van der Waals surface area contributed by atoms with E-state index in [0.717, 1.165) is 15.7 Å². The molecule has 0 unspecified atom stereocenters. The van der Waals surface area contributed by atoms with Crippen LogP contribution in [0.15, 0.2) is 22.7 Å². The molecule has 0 fully saturated rings. The molecule has 0 spiro atoms. The summed E-state index contributed by atoms with van der Waals surface area (Å²) >= 11 is 8.44. The molecular weight excluding hydrogens is 328 g/mol. The molecule has 104 valence electrons. The molecule has 0 aromatic heterocycles. The zero-order chi connectivity index (χ0) is 14.4. The number of anilines is 1. The van der Waals surface area contributed by atoms with Gasteiger partial charge >= 0.3 is 6.03 Å². The first-order valence-electron chi connectivity index (χ1n) is 5.71. The predicted molar refractivity (Wildman–Crippen MR) is 85.6 cm³/mol. The van der Waals surface area contributed by atoms with E-state index < -0.39 is 0 Å². The minimum atomic E-state index is -0.120. The van der Waals surface area contributed by atoms with E-state index >= 15 is 0 Å². The number of hydrogen-bond acceptors (Lipinski definition) is 3. The summed E-state index contributed by atoms with van der Waals surface area (Å²) in [7, 11) is 3.39. The van der Waals surface area contributed by atoms with E-state index in [-0.39, 0.29) is 6.03 Å². The van der Waals surface area contributed by atoms with Gasteiger partial charge in [0.05, 0.1) is 0 Å². The Morgan fingerprint density at radius 1 is 1.42 bits per heavy atom. The predicted octanol–water partition coefficient (Wildman–Crippen LogP) is 1.77. The standard InChI is InChI=1S/C12H17BrN4OS/c1-17(2)12(18)16-7-6-15-9-5-3-4-8(13)10(9)11(14)19/h3-5,15H,6-7H2,1-2H3,(H2,14,19)(H,16,18). The molecule has 19 heavy (non-hydrogen) atoms. The van der Waals surface area contributed by atoms with E-state index in [1.807, 2.05) is 18.2 Å². The summed E-state index contributed by atoms with van der Waals surface area (Å²) in [4.78, 5) is 13.1. The molecule has 1 aromatic rings. The van der Waals surface area contributed by atoms with E-state index in [9.17, 15) is 4.79 Å². The summed E-state index contributed by atoms with van der Waals surface area (Å²) in [5, 5.41) is 5.96. The van der Waals surface area contributed by atoms with Gasteiger partial charge in [-0.1, -0.05) is 18.3 Å². The van der Waals surface area contributed by atoms with Gasteiger partial charge in [0.1, 0.15) is 4.99 Å². The average Bonchev–Trinajstić information content (AvgIpc) is 2.33. The highest BCUT2D eigenvalue weighted by Gasteiger charge is 2.09. The molecule has 1 aromatic carbocycles. The Kier molecular flexibility index (Phi) is 6.04. The van der Waals surface area contributed by atoms with Crippen molar-refractivity contribution in [1.82, 2.24) is 10.2 Å². The van der Waals surface area contributed by atoms with Crippen molar-refractivity contribution in [3.8, 4) is 0 Å². The highest BCUT2D eigenvalue weighted by molar-refractivity contribution is 9.10. The van der Waals surface area contributed by atoms with Crippen molar-refractivity contribution in [2.24, 2.45) is 5.73 Å². The summed E-state index contributed by atoms with van der Waals surface area (Å²) in [5.41, 5.74) is 7.32. The lowest BCUT2D eigenvalue weighted by molar-refractivity contribution is 0.218. The van der Waals surface area contributed by atoms with Crippen LogP contribution in [0.2, 0.25) is 0 Å². The van der Waals surface area contributed by atoms with Crippen LogP contribution in [-0.4, -0.2) is 43.1 Å². The van der Waals surface area contributed by atoms with Crippen molar-refractivity contribution in [3.05, 3.63) is 28.2 Å². The first kappa shape index (κ1) is 15.7. The number of thiocarbonyl (C=S) groups is 1. The molecule has 1 rings (SSSR count). The van der Waals surface area contributed by atoms with E-state index in [4.69, 9.17) is 18.0 Å². The molecule has 0 aliphatic carbocycles. The number of carbonyl (C=O) groups excluding carboxylic acids is 1. The Morgan fingerprint density at radius 3 is 2.68 bits per heavy atom. The van der Waals surface area contributed by atoms with Crippen LogP contribution < -0.4 is 16.4 Å². The van der Waals surface area contributed by atoms with Crippen molar-refractivity contribution in [2.75, 3.05) is 32.5 Å². The third-order valence-electron chi connectivity index (χ3n) is 2.38. The number of benzene rings is 1. The number of nitrogens with zero attached hydrogens (tertiary/aromatic N) is 1. The third-order valence-corrected chi connectivity index (χ3v) is 3.25. The minimum absolute atomic E-state index is 0.120. The maximum absolute atomic E-state index is 11.3. The Balaban J connectivity index is 2.57. The Hall–Kier alpha value is -1.34. The molecule has 0 bridgehead atoms. The topological polar surface area (TPSA) is 70.4 Å². The van der Waals surface area contributed by atoms with Crippen molar-refractivity contribution >= 4 is 44.9 Å². The summed E-state index contributed by atoms with van der Waals surface area (Å²) in [6, 6.07) is 5.55. The van der Waals surface area contributed by atoms with E-state index in [1.54, 1.807) is 14.1 Å². The molecule has 7 heteroatoms. The van der Waals surface area contributed by atoms with Crippen LogP contribution >= 0.6 is 28.1 Å². The zero-order valence-electron chi connectivity index (χ0n) is 10.9. The van der Waals surface area contributed by atoms with Crippen LogP contribution in [0.1, 0.15) is 5.56 Å². The van der Waals surface area contributed by atoms with E-state index in [2.05, 4.69) is 26.6 Å². The Labute approximate surface area is 126 Å². The molecule has 0 aliphatic rings. The smallest absolute Gasteiger partial charge is 0.316 e. The second-order valence-corrected chi connectivity index (χ2v) is 5.37. The van der Waals surface area contributed by atoms with Crippen molar-refractivity contribution in [3.63, 3.8) is 0 Å². The van der Waals surface area contributed by atoms with Crippen LogP contribution in [0.4, 0.5) is 10.5 Å². The summed E-state index contributed by atoms with van der Waals surface area (Å²) in [6.07, 6.45) is 0. The highest BCUT2D eigenvalue weighted by Crippen LogP contribution is 2.24. The molecule has 4 N–H and O–H groups in total. The van der Waals surface area contributed by atoms with Gasteiger partial charge in [-0.15, -0.1) is 0 Å². The largest absolute Gasteiger partial charge is 0.389 e. The van der Waals surface area contributed by atoms with Crippen LogP contribution in [0, 0.1) is 0 Å². The summed E-state index contributed by atoms with van der Waals surface area (Å²) in [6.45, 7) is 1.10. The van der Waals surface area contributed by atoms with Crippen LogP contribution in [0.5, 0.6) is 0 Å². The molecule has 5 nitrogen and oxygen atoms in total. The molecule has 0 saturated carbocycles. The number of urea groups is 1. The first-order chi connectivity index (χ1) is 8.93. The fraction of sp³-hybridized carbons (Fsp3) is 0.333. The number of amides is 2. The maximum atomic E-state index is 11.3. The number of nitrogens with two attached hydrogens (primary N) is 1.